The fourth-order valence-electron chi connectivity index (χ4n) is 5.12. The first-order valence-corrected chi connectivity index (χ1v) is 11.1. The Kier molecular flexibility index (Phi) is 4.45. The largest absolute Gasteiger partial charge is 0.347 e. The summed E-state index contributed by atoms with van der Waals surface area (Å²) in [5, 5.41) is 2.27. The molecule has 7 nitrogen and oxygen atoms in total. The summed E-state index contributed by atoms with van der Waals surface area (Å²) in [5.41, 5.74) is 4.40. The lowest BCUT2D eigenvalue weighted by molar-refractivity contribution is 0.159. The number of aromatic amines is 2. The maximum Gasteiger partial charge on any atom is 0.147 e. The quantitative estimate of drug-likeness (QED) is 0.471. The predicted molar refractivity (Wildman–Crippen MR) is 122 cm³/mol. The molecular formula is C22H21Cl2N7. The number of likely N-dealkylation sites (tertiary alicyclic amines) is 1. The second-order valence-corrected chi connectivity index (χ2v) is 9.28. The summed E-state index contributed by atoms with van der Waals surface area (Å²) in [6, 6.07) is 6.20. The molecule has 2 aliphatic heterocycles. The number of fused-ring (bicyclic) bond motifs is 3. The fraction of sp³-hybridized carbons (Fsp3) is 0.318. The molecule has 1 fully saturated rings. The molecule has 1 saturated heterocycles. The zero-order valence-corrected chi connectivity index (χ0v) is 18.3. The van der Waals surface area contributed by atoms with Gasteiger partial charge < -0.3 is 14.9 Å². The van der Waals surface area contributed by atoms with Gasteiger partial charge in [0.2, 0.25) is 0 Å². The van der Waals surface area contributed by atoms with Crippen LogP contribution in [0.5, 0.6) is 0 Å². The van der Waals surface area contributed by atoms with Crippen LogP contribution in [0.25, 0.3) is 11.0 Å². The normalized spacial score (nSPS) is 18.2. The highest BCUT2D eigenvalue weighted by molar-refractivity contribution is 6.36. The number of hydrogen-bond donors (Lipinski definition) is 2. The third-order valence-corrected chi connectivity index (χ3v) is 7.23. The van der Waals surface area contributed by atoms with Gasteiger partial charge in [-0.1, -0.05) is 23.2 Å². The Labute approximate surface area is 189 Å². The van der Waals surface area contributed by atoms with Gasteiger partial charge in [-0.25, -0.2) is 15.0 Å². The smallest absolute Gasteiger partial charge is 0.147 e. The van der Waals surface area contributed by atoms with Crippen molar-refractivity contribution in [1.29, 1.82) is 0 Å². The number of benzene rings is 1. The molecule has 1 spiro atoms. The molecule has 2 N–H and O–H groups in total. The molecule has 31 heavy (non-hydrogen) atoms. The molecule has 0 bridgehead atoms. The van der Waals surface area contributed by atoms with E-state index in [4.69, 9.17) is 23.2 Å². The number of rotatable bonds is 3. The van der Waals surface area contributed by atoms with Crippen LogP contribution in [-0.2, 0) is 12.0 Å². The lowest BCUT2D eigenvalue weighted by atomic mass is 9.74. The minimum Gasteiger partial charge on any atom is -0.347 e. The molecule has 158 valence electrons. The van der Waals surface area contributed by atoms with Gasteiger partial charge in [-0.05, 0) is 49.7 Å². The fourth-order valence-corrected chi connectivity index (χ4v) is 5.52. The Morgan fingerprint density at radius 2 is 1.97 bits per heavy atom. The Hall–Kier alpha value is -2.61. The average Bonchev–Trinajstić information content (AvgIpc) is 3.50. The van der Waals surface area contributed by atoms with Crippen molar-refractivity contribution in [2.45, 2.75) is 24.8 Å². The van der Waals surface area contributed by atoms with Gasteiger partial charge in [0, 0.05) is 47.3 Å². The van der Waals surface area contributed by atoms with Gasteiger partial charge in [-0.3, -0.25) is 4.90 Å². The maximum absolute atomic E-state index is 6.50. The third kappa shape index (κ3) is 3.11. The zero-order chi connectivity index (χ0) is 21.0. The van der Waals surface area contributed by atoms with Crippen LogP contribution in [-0.4, -0.2) is 49.5 Å². The summed E-state index contributed by atoms with van der Waals surface area (Å²) < 4.78 is 0. The molecular weight excluding hydrogens is 433 g/mol. The molecule has 0 atom stereocenters. The SMILES string of the molecule is Clc1ccc2c(c1)C1(CCN(Cc3cnc[nH]3)CC1)CN2c1ncnc2[nH]cc(Cl)c12. The lowest BCUT2D eigenvalue weighted by Crippen LogP contribution is -2.44. The Bertz CT molecular complexity index is 1240. The van der Waals surface area contributed by atoms with Crippen molar-refractivity contribution in [2.24, 2.45) is 0 Å². The van der Waals surface area contributed by atoms with Crippen molar-refractivity contribution in [1.82, 2.24) is 29.8 Å². The monoisotopic (exact) mass is 453 g/mol. The standard InChI is InChI=1S/C22H21Cl2N7/c23-14-1-2-18-16(7-14)22(3-5-30(6-4-22)10-15-8-25-12-27-15)11-31(18)21-19-17(24)9-26-20(19)28-13-29-21/h1-2,7-9,12-13H,3-6,10-11H2,(H,25,27)(H,26,28,29). The van der Waals surface area contributed by atoms with E-state index in [1.54, 1.807) is 18.9 Å². The van der Waals surface area contributed by atoms with Gasteiger partial charge in [-0.15, -0.1) is 0 Å². The van der Waals surface area contributed by atoms with Crippen molar-refractivity contribution in [2.75, 3.05) is 24.5 Å². The van der Waals surface area contributed by atoms with Crippen LogP contribution in [0.3, 0.4) is 0 Å². The highest BCUT2D eigenvalue weighted by Gasteiger charge is 2.46. The zero-order valence-electron chi connectivity index (χ0n) is 16.8. The summed E-state index contributed by atoms with van der Waals surface area (Å²) in [6.45, 7) is 3.79. The third-order valence-electron chi connectivity index (χ3n) is 6.70. The first-order chi connectivity index (χ1) is 15.1. The van der Waals surface area contributed by atoms with Crippen LogP contribution in [0, 0.1) is 0 Å². The summed E-state index contributed by atoms with van der Waals surface area (Å²) in [4.78, 5) is 24.2. The Morgan fingerprint density at radius 1 is 1.10 bits per heavy atom. The molecule has 0 amide bonds. The molecule has 9 heteroatoms. The Morgan fingerprint density at radius 3 is 2.77 bits per heavy atom. The first kappa shape index (κ1) is 19.1. The van der Waals surface area contributed by atoms with Crippen molar-refractivity contribution in [3.8, 4) is 0 Å². The van der Waals surface area contributed by atoms with E-state index in [9.17, 15) is 0 Å². The minimum absolute atomic E-state index is 0.0325. The van der Waals surface area contributed by atoms with Crippen LogP contribution in [0.15, 0.2) is 43.2 Å². The molecule has 4 aromatic rings. The number of nitrogens with zero attached hydrogens (tertiary/aromatic N) is 5. The second kappa shape index (κ2) is 7.22. The molecule has 0 unspecified atom stereocenters. The number of hydrogen-bond acceptors (Lipinski definition) is 5. The van der Waals surface area contributed by atoms with Gasteiger partial charge in [0.05, 0.1) is 16.7 Å². The van der Waals surface area contributed by atoms with E-state index in [-0.39, 0.29) is 5.41 Å². The number of piperidine rings is 1. The van der Waals surface area contributed by atoms with Gasteiger partial charge in [0.15, 0.2) is 0 Å². The van der Waals surface area contributed by atoms with Crippen LogP contribution >= 0.6 is 23.2 Å². The molecule has 0 radical (unpaired) electrons. The molecule has 5 heterocycles. The minimum atomic E-state index is 0.0325. The molecule has 3 aromatic heterocycles. The number of nitrogens with one attached hydrogen (secondary N) is 2. The van der Waals surface area contributed by atoms with E-state index in [1.807, 2.05) is 12.3 Å². The van der Waals surface area contributed by atoms with E-state index in [2.05, 4.69) is 46.9 Å². The lowest BCUT2D eigenvalue weighted by Gasteiger charge is -2.39. The molecule has 1 aromatic carbocycles. The second-order valence-electron chi connectivity index (χ2n) is 8.44. The number of aromatic nitrogens is 5. The van der Waals surface area contributed by atoms with Crippen molar-refractivity contribution in [3.63, 3.8) is 0 Å². The van der Waals surface area contributed by atoms with Crippen molar-refractivity contribution >= 4 is 45.7 Å². The van der Waals surface area contributed by atoms with Crippen LogP contribution in [0.4, 0.5) is 11.5 Å². The maximum atomic E-state index is 6.50. The van der Waals surface area contributed by atoms with E-state index < -0.39 is 0 Å². The van der Waals surface area contributed by atoms with Gasteiger partial charge >= 0.3 is 0 Å². The molecule has 0 saturated carbocycles. The van der Waals surface area contributed by atoms with Crippen LogP contribution in [0.2, 0.25) is 10.0 Å². The van der Waals surface area contributed by atoms with Gasteiger partial charge in [-0.2, -0.15) is 0 Å². The van der Waals surface area contributed by atoms with E-state index in [0.717, 1.165) is 72.3 Å². The topological polar surface area (TPSA) is 76.7 Å². The number of imidazole rings is 1. The van der Waals surface area contributed by atoms with E-state index in [1.165, 1.54) is 5.56 Å². The molecule has 6 rings (SSSR count). The van der Waals surface area contributed by atoms with Crippen molar-refractivity contribution in [3.05, 3.63) is 64.6 Å². The first-order valence-electron chi connectivity index (χ1n) is 10.4. The summed E-state index contributed by atoms with van der Waals surface area (Å²) in [7, 11) is 0. The summed E-state index contributed by atoms with van der Waals surface area (Å²) >= 11 is 13.0. The van der Waals surface area contributed by atoms with E-state index in [0.29, 0.717) is 5.02 Å². The summed E-state index contributed by atoms with van der Waals surface area (Å²) in [5.74, 6) is 0.844. The predicted octanol–water partition coefficient (Wildman–Crippen LogP) is 4.67. The molecule has 2 aliphatic rings. The highest BCUT2D eigenvalue weighted by atomic mass is 35.5. The number of halogens is 2. The van der Waals surface area contributed by atoms with E-state index >= 15 is 0 Å². The van der Waals surface area contributed by atoms with Gasteiger partial charge in [0.25, 0.3) is 0 Å². The van der Waals surface area contributed by atoms with Crippen LogP contribution < -0.4 is 4.90 Å². The highest BCUT2D eigenvalue weighted by Crippen LogP contribution is 2.51. The molecule has 0 aliphatic carbocycles. The summed E-state index contributed by atoms with van der Waals surface area (Å²) in [6.07, 6.45) is 9.12. The van der Waals surface area contributed by atoms with Gasteiger partial charge in [0.1, 0.15) is 17.8 Å². The average molecular weight is 454 g/mol. The number of anilines is 2. The van der Waals surface area contributed by atoms with Crippen LogP contribution in [0.1, 0.15) is 24.1 Å². The Balaban J connectivity index is 1.36. The number of H-pyrrole nitrogens is 2. The van der Waals surface area contributed by atoms with Crippen molar-refractivity contribution < 1.29 is 0 Å².